The quantitative estimate of drug-likeness (QED) is 0.191. The highest BCUT2D eigenvalue weighted by atomic mass is 14.9. The molecule has 2 aromatic heterocycles. The summed E-state index contributed by atoms with van der Waals surface area (Å²) in [5, 5.41) is 2.52. The van der Waals surface area contributed by atoms with E-state index in [9.17, 15) is 0 Å². The van der Waals surface area contributed by atoms with Crippen LogP contribution >= 0.6 is 0 Å². The van der Waals surface area contributed by atoms with Gasteiger partial charge in [0.25, 0.3) is 0 Å². The second kappa shape index (κ2) is 11.5. The van der Waals surface area contributed by atoms with Gasteiger partial charge < -0.3 is 0 Å². The van der Waals surface area contributed by atoms with E-state index < -0.39 is 0 Å². The fourth-order valence-electron chi connectivity index (χ4n) is 7.41. The lowest BCUT2D eigenvalue weighted by atomic mass is 9.82. The average molecular weight is 628 g/mol. The molecule has 0 spiro atoms. The molecule has 0 radical (unpaired) electrons. The first kappa shape index (κ1) is 29.0. The van der Waals surface area contributed by atoms with Crippen LogP contribution in [0.1, 0.15) is 25.0 Å². The summed E-state index contributed by atoms with van der Waals surface area (Å²) in [5.74, 6) is 0.703. The molecule has 0 fully saturated rings. The molecule has 2 heterocycles. The molecule has 0 unspecified atom stereocenters. The van der Waals surface area contributed by atoms with Crippen LogP contribution in [0.25, 0.3) is 78.2 Å². The van der Waals surface area contributed by atoms with Gasteiger partial charge in [0, 0.05) is 33.9 Å². The van der Waals surface area contributed by atoms with Gasteiger partial charge in [0.05, 0.1) is 17.1 Å². The molecule has 49 heavy (non-hydrogen) atoms. The smallest absolute Gasteiger partial charge is 0.160 e. The number of hydrogen-bond donors (Lipinski definition) is 0. The Morgan fingerprint density at radius 3 is 1.84 bits per heavy atom. The number of rotatable bonds is 5. The third-order valence-electron chi connectivity index (χ3n) is 9.98. The molecule has 1 aliphatic carbocycles. The van der Waals surface area contributed by atoms with Crippen molar-refractivity contribution in [3.05, 3.63) is 175 Å². The summed E-state index contributed by atoms with van der Waals surface area (Å²) < 4.78 is 0. The van der Waals surface area contributed by atoms with Gasteiger partial charge in [-0.25, -0.2) is 9.97 Å². The fourth-order valence-corrected chi connectivity index (χ4v) is 7.41. The molecule has 0 N–H and O–H groups in total. The van der Waals surface area contributed by atoms with Crippen molar-refractivity contribution in [2.75, 3.05) is 0 Å². The van der Waals surface area contributed by atoms with Gasteiger partial charge in [-0.15, -0.1) is 0 Å². The number of benzene rings is 6. The van der Waals surface area contributed by atoms with Gasteiger partial charge in [-0.2, -0.15) is 0 Å². The van der Waals surface area contributed by atoms with Gasteiger partial charge in [-0.05, 0) is 62.4 Å². The predicted molar refractivity (Wildman–Crippen MR) is 202 cm³/mol. The van der Waals surface area contributed by atoms with Crippen LogP contribution in [-0.4, -0.2) is 15.0 Å². The van der Waals surface area contributed by atoms with Crippen LogP contribution in [0.15, 0.2) is 164 Å². The Labute approximate surface area is 286 Å². The summed E-state index contributed by atoms with van der Waals surface area (Å²) in [6, 6.07) is 55.7. The van der Waals surface area contributed by atoms with E-state index in [0.29, 0.717) is 5.82 Å². The first-order chi connectivity index (χ1) is 24.0. The highest BCUT2D eigenvalue weighted by Crippen LogP contribution is 2.54. The van der Waals surface area contributed by atoms with E-state index in [1.807, 2.05) is 30.5 Å². The Morgan fingerprint density at radius 1 is 0.429 bits per heavy atom. The minimum absolute atomic E-state index is 0.141. The van der Waals surface area contributed by atoms with E-state index in [0.717, 1.165) is 44.9 Å². The molecule has 0 amide bonds. The molecule has 1 aliphatic rings. The van der Waals surface area contributed by atoms with Gasteiger partial charge in [-0.3, -0.25) is 4.98 Å². The maximum atomic E-state index is 5.32. The van der Waals surface area contributed by atoms with Crippen molar-refractivity contribution >= 4 is 10.8 Å². The van der Waals surface area contributed by atoms with Gasteiger partial charge in [0.1, 0.15) is 0 Å². The number of fused-ring (bicyclic) bond motifs is 5. The van der Waals surface area contributed by atoms with E-state index in [4.69, 9.17) is 9.97 Å². The molecule has 0 aliphatic heterocycles. The van der Waals surface area contributed by atoms with Crippen molar-refractivity contribution in [3.63, 3.8) is 0 Å². The third-order valence-corrected chi connectivity index (χ3v) is 9.98. The number of hydrogen-bond acceptors (Lipinski definition) is 3. The predicted octanol–water partition coefficient (Wildman–Crippen LogP) is 11.7. The van der Waals surface area contributed by atoms with E-state index in [-0.39, 0.29) is 5.41 Å². The molecule has 3 nitrogen and oxygen atoms in total. The highest BCUT2D eigenvalue weighted by Gasteiger charge is 2.38. The Bertz CT molecular complexity index is 2380. The van der Waals surface area contributed by atoms with Crippen molar-refractivity contribution in [2.24, 2.45) is 0 Å². The fraction of sp³-hybridized carbons (Fsp3) is 0.0652. The second-order valence-corrected chi connectivity index (χ2v) is 13.3. The topological polar surface area (TPSA) is 38.7 Å². The molecule has 0 saturated carbocycles. The molecule has 232 valence electrons. The van der Waals surface area contributed by atoms with Crippen molar-refractivity contribution in [3.8, 4) is 67.4 Å². The molecule has 0 saturated heterocycles. The van der Waals surface area contributed by atoms with Gasteiger partial charge in [0.15, 0.2) is 5.82 Å². The number of nitrogens with zero attached hydrogens (tertiary/aromatic N) is 3. The van der Waals surface area contributed by atoms with Gasteiger partial charge in [-0.1, -0.05) is 153 Å². The molecule has 8 aromatic rings. The lowest BCUT2D eigenvalue weighted by Crippen LogP contribution is -2.14. The summed E-state index contributed by atoms with van der Waals surface area (Å²) >= 11 is 0. The molecule has 9 rings (SSSR count). The minimum Gasteiger partial charge on any atom is -0.256 e. The maximum Gasteiger partial charge on any atom is 0.160 e. The molecule has 3 heteroatoms. The van der Waals surface area contributed by atoms with Crippen LogP contribution in [0.2, 0.25) is 0 Å². The first-order valence-corrected chi connectivity index (χ1v) is 16.8. The normalized spacial score (nSPS) is 12.9. The lowest BCUT2D eigenvalue weighted by molar-refractivity contribution is 0.661. The van der Waals surface area contributed by atoms with E-state index in [1.165, 1.54) is 38.6 Å². The summed E-state index contributed by atoms with van der Waals surface area (Å²) in [4.78, 5) is 15.1. The first-order valence-electron chi connectivity index (χ1n) is 16.8. The standard InChI is InChI=1S/C46H33N3/c1-46(2)38-16-10-15-37(44(38)43-36-14-7-6-13-32(36)26-27-39(43)46)42-29-41(34-22-20-33(21-23-34)40-17-8-9-28-47-40)48-45(49-42)35-24-18-31(19-25-35)30-11-4-3-5-12-30/h3-29H,1-2H3. The van der Waals surface area contributed by atoms with Crippen LogP contribution < -0.4 is 0 Å². The third kappa shape index (κ3) is 4.94. The molecule has 0 atom stereocenters. The zero-order valence-corrected chi connectivity index (χ0v) is 27.4. The lowest BCUT2D eigenvalue weighted by Gasteiger charge is -2.21. The summed E-state index contributed by atoms with van der Waals surface area (Å²) in [6.45, 7) is 4.68. The van der Waals surface area contributed by atoms with Crippen LogP contribution in [0, 0.1) is 0 Å². The molecular weight excluding hydrogens is 595 g/mol. The second-order valence-electron chi connectivity index (χ2n) is 13.3. The maximum absolute atomic E-state index is 5.32. The summed E-state index contributed by atoms with van der Waals surface area (Å²) in [7, 11) is 0. The zero-order chi connectivity index (χ0) is 33.0. The van der Waals surface area contributed by atoms with Crippen molar-refractivity contribution in [1.82, 2.24) is 15.0 Å². The SMILES string of the molecule is CC1(C)c2cccc(-c3cc(-c4ccc(-c5ccccn5)cc4)nc(-c4ccc(-c5ccccc5)cc4)n3)c2-c2c1ccc1ccccc21. The highest BCUT2D eigenvalue weighted by molar-refractivity contribution is 6.06. The zero-order valence-electron chi connectivity index (χ0n) is 27.4. The Balaban J connectivity index is 1.24. The Kier molecular flexibility index (Phi) is 6.80. The summed E-state index contributed by atoms with van der Waals surface area (Å²) in [5.41, 5.74) is 14.4. The van der Waals surface area contributed by atoms with Crippen LogP contribution in [0.3, 0.4) is 0 Å². The largest absolute Gasteiger partial charge is 0.256 e. The Hall–Kier alpha value is -6.19. The average Bonchev–Trinajstić information content (AvgIpc) is 3.42. The minimum atomic E-state index is -0.141. The molecule has 6 aromatic carbocycles. The number of pyridine rings is 1. The Morgan fingerprint density at radius 2 is 1.06 bits per heavy atom. The van der Waals surface area contributed by atoms with Crippen LogP contribution in [0.4, 0.5) is 0 Å². The van der Waals surface area contributed by atoms with Crippen LogP contribution in [-0.2, 0) is 5.41 Å². The van der Waals surface area contributed by atoms with Crippen molar-refractivity contribution < 1.29 is 0 Å². The molecular formula is C46H33N3. The van der Waals surface area contributed by atoms with E-state index in [2.05, 4.69) is 152 Å². The van der Waals surface area contributed by atoms with Gasteiger partial charge in [0.2, 0.25) is 0 Å². The summed E-state index contributed by atoms with van der Waals surface area (Å²) in [6.07, 6.45) is 1.83. The van der Waals surface area contributed by atoms with Crippen molar-refractivity contribution in [2.45, 2.75) is 19.3 Å². The van der Waals surface area contributed by atoms with Gasteiger partial charge >= 0.3 is 0 Å². The molecule has 0 bridgehead atoms. The number of aromatic nitrogens is 3. The van der Waals surface area contributed by atoms with E-state index in [1.54, 1.807) is 0 Å². The monoisotopic (exact) mass is 627 g/mol. The van der Waals surface area contributed by atoms with Crippen LogP contribution in [0.5, 0.6) is 0 Å². The van der Waals surface area contributed by atoms with E-state index >= 15 is 0 Å². The van der Waals surface area contributed by atoms with Crippen molar-refractivity contribution in [1.29, 1.82) is 0 Å².